The van der Waals surface area contributed by atoms with E-state index in [1.54, 1.807) is 17.2 Å². The normalized spacial score (nSPS) is 17.6. The van der Waals surface area contributed by atoms with E-state index in [4.69, 9.17) is 16.7 Å². The second-order valence-corrected chi connectivity index (χ2v) is 9.54. The molecule has 3 N–H and O–H groups in total. The molecule has 1 saturated heterocycles. The molecule has 10 heteroatoms. The van der Waals surface area contributed by atoms with Crippen molar-refractivity contribution in [1.82, 2.24) is 14.9 Å². The second kappa shape index (κ2) is 9.58. The average molecular weight is 476 g/mol. The van der Waals surface area contributed by atoms with Crippen LogP contribution in [0.25, 0.3) is 10.2 Å². The van der Waals surface area contributed by atoms with Gasteiger partial charge in [-0.2, -0.15) is 0 Å². The largest absolute Gasteiger partial charge is 0.394 e. The lowest BCUT2D eigenvalue weighted by Gasteiger charge is -2.40. The van der Waals surface area contributed by atoms with E-state index in [1.807, 2.05) is 26.0 Å². The van der Waals surface area contributed by atoms with Crippen molar-refractivity contribution in [3.05, 3.63) is 46.6 Å². The van der Waals surface area contributed by atoms with E-state index in [9.17, 15) is 9.90 Å². The number of hydrogen-bond donors (Lipinski definition) is 3. The van der Waals surface area contributed by atoms with Gasteiger partial charge in [-0.05, 0) is 43.2 Å². The van der Waals surface area contributed by atoms with Crippen LogP contribution in [-0.2, 0) is 6.42 Å². The smallest absolute Gasteiger partial charge is 0.324 e. The number of aliphatic hydroxyl groups is 2. The van der Waals surface area contributed by atoms with E-state index in [-0.39, 0.29) is 18.7 Å². The third-order valence-electron chi connectivity index (χ3n) is 5.51. The summed E-state index contributed by atoms with van der Waals surface area (Å²) in [4.78, 5) is 25.7. The zero-order valence-electron chi connectivity index (χ0n) is 18.0. The molecule has 4 rings (SSSR count). The van der Waals surface area contributed by atoms with Crippen LogP contribution in [0.15, 0.2) is 30.5 Å². The van der Waals surface area contributed by atoms with Gasteiger partial charge in [0.05, 0.1) is 28.0 Å². The number of aryl methyl sites for hydroxylation is 1. The van der Waals surface area contributed by atoms with Crippen molar-refractivity contribution in [3.63, 3.8) is 0 Å². The molecule has 0 saturated carbocycles. The monoisotopic (exact) mass is 475 g/mol. The fourth-order valence-corrected chi connectivity index (χ4v) is 5.11. The van der Waals surface area contributed by atoms with Crippen LogP contribution in [0, 0.1) is 6.92 Å². The molecule has 8 nitrogen and oxygen atoms in total. The van der Waals surface area contributed by atoms with Gasteiger partial charge < -0.3 is 20.0 Å². The number of carbonyl (C=O) groups excluding carboxylic acids is 1. The number of pyridine rings is 1. The molecule has 1 aliphatic heterocycles. The highest BCUT2D eigenvalue weighted by atomic mass is 35.5. The van der Waals surface area contributed by atoms with Crippen LogP contribution in [-0.4, -0.2) is 69.5 Å². The molecule has 0 spiro atoms. The number of rotatable bonds is 5. The maximum absolute atomic E-state index is 12.9. The Morgan fingerprint density at radius 2 is 2.19 bits per heavy atom. The number of nitrogens with zero attached hydrogens (tertiary/aromatic N) is 4. The zero-order chi connectivity index (χ0) is 22.8. The standard InChI is InChI=1S/C22H26ClN5O3S/c1-13-3-4-18-19(7-13)32-21(25-18)26-22(31)28-6-5-27(11-14(28)2)20-17(23)9-15(10-24-20)8-16(30)12-29/h3-4,7,9-10,14,16,29-30H,5-6,8,11-12H2,1-2H3,(H,25,26,31)/t14-,16-/m0/s1. The molecule has 0 unspecified atom stereocenters. The van der Waals surface area contributed by atoms with Crippen LogP contribution in [0.5, 0.6) is 0 Å². The number of hydrogen-bond acceptors (Lipinski definition) is 7. The summed E-state index contributed by atoms with van der Waals surface area (Å²) in [6, 6.07) is 7.59. The third kappa shape index (κ3) is 4.96. The Kier molecular flexibility index (Phi) is 6.80. The molecule has 2 atom stereocenters. The topological polar surface area (TPSA) is 102 Å². The average Bonchev–Trinajstić information content (AvgIpc) is 3.14. The molecular formula is C22H26ClN5O3S. The summed E-state index contributed by atoms with van der Waals surface area (Å²) in [5.74, 6) is 0.655. The van der Waals surface area contributed by atoms with Crippen molar-refractivity contribution in [2.45, 2.75) is 32.4 Å². The Morgan fingerprint density at radius 3 is 2.91 bits per heavy atom. The first-order chi connectivity index (χ1) is 15.3. The molecule has 170 valence electrons. The Morgan fingerprint density at radius 1 is 1.38 bits per heavy atom. The number of amides is 2. The zero-order valence-corrected chi connectivity index (χ0v) is 19.5. The van der Waals surface area contributed by atoms with Crippen molar-refractivity contribution >= 4 is 50.1 Å². The predicted molar refractivity (Wildman–Crippen MR) is 128 cm³/mol. The van der Waals surface area contributed by atoms with Gasteiger partial charge in [0.1, 0.15) is 5.82 Å². The fourth-order valence-electron chi connectivity index (χ4n) is 3.85. The van der Waals surface area contributed by atoms with Crippen LogP contribution >= 0.6 is 22.9 Å². The Bertz CT molecular complexity index is 1120. The summed E-state index contributed by atoms with van der Waals surface area (Å²) >= 11 is 7.92. The molecule has 2 aromatic heterocycles. The van der Waals surface area contributed by atoms with Crippen molar-refractivity contribution in [1.29, 1.82) is 0 Å². The van der Waals surface area contributed by atoms with Crippen molar-refractivity contribution < 1.29 is 15.0 Å². The van der Waals surface area contributed by atoms with Crippen molar-refractivity contribution in [3.8, 4) is 0 Å². The van der Waals surface area contributed by atoms with Gasteiger partial charge in [0.2, 0.25) is 0 Å². The molecule has 0 radical (unpaired) electrons. The lowest BCUT2D eigenvalue weighted by Crippen LogP contribution is -2.55. The number of carbonyl (C=O) groups is 1. The minimum atomic E-state index is -0.833. The first-order valence-corrected chi connectivity index (χ1v) is 11.7. The Hall–Kier alpha value is -2.46. The predicted octanol–water partition coefficient (Wildman–Crippen LogP) is 3.29. The number of benzene rings is 1. The summed E-state index contributed by atoms with van der Waals surface area (Å²) in [5, 5.41) is 22.6. The van der Waals surface area contributed by atoms with E-state index in [0.717, 1.165) is 21.3 Å². The highest BCUT2D eigenvalue weighted by molar-refractivity contribution is 7.22. The Labute approximate surface area is 195 Å². The van der Waals surface area contributed by atoms with E-state index < -0.39 is 6.10 Å². The number of thiazole rings is 1. The van der Waals surface area contributed by atoms with E-state index >= 15 is 0 Å². The summed E-state index contributed by atoms with van der Waals surface area (Å²) in [6.45, 7) is 5.44. The van der Waals surface area contributed by atoms with Crippen molar-refractivity contribution in [2.75, 3.05) is 36.5 Å². The molecule has 1 aromatic carbocycles. The lowest BCUT2D eigenvalue weighted by atomic mass is 10.1. The first kappa shape index (κ1) is 22.7. The van der Waals surface area contributed by atoms with Gasteiger partial charge in [0.15, 0.2) is 5.13 Å². The van der Waals surface area contributed by atoms with Crippen LogP contribution in [0.4, 0.5) is 15.7 Å². The summed E-state index contributed by atoms with van der Waals surface area (Å²) < 4.78 is 1.05. The number of aliphatic hydroxyl groups excluding tert-OH is 2. The molecule has 3 heterocycles. The lowest BCUT2D eigenvalue weighted by molar-refractivity contribution is 0.0954. The van der Waals surface area contributed by atoms with Crippen LogP contribution in [0.1, 0.15) is 18.1 Å². The maximum Gasteiger partial charge on any atom is 0.324 e. The number of nitrogens with one attached hydrogen (secondary N) is 1. The van der Waals surface area contributed by atoms with Gasteiger partial charge in [-0.3, -0.25) is 5.32 Å². The molecule has 2 amide bonds. The van der Waals surface area contributed by atoms with Crippen LogP contribution < -0.4 is 10.2 Å². The number of anilines is 2. The fraction of sp³-hybridized carbons (Fsp3) is 0.409. The molecule has 1 fully saturated rings. The number of aromatic nitrogens is 2. The molecule has 32 heavy (non-hydrogen) atoms. The van der Waals surface area contributed by atoms with Gasteiger partial charge >= 0.3 is 6.03 Å². The molecule has 3 aromatic rings. The summed E-state index contributed by atoms with van der Waals surface area (Å²) in [6.07, 6.45) is 1.12. The quantitative estimate of drug-likeness (QED) is 0.523. The van der Waals surface area contributed by atoms with E-state index in [1.165, 1.54) is 11.3 Å². The van der Waals surface area contributed by atoms with Gasteiger partial charge in [0, 0.05) is 38.3 Å². The SMILES string of the molecule is Cc1ccc2nc(NC(=O)N3CCN(c4ncc(C[C@H](O)CO)cc4Cl)C[C@@H]3C)sc2c1. The highest BCUT2D eigenvalue weighted by Crippen LogP contribution is 2.29. The minimum Gasteiger partial charge on any atom is -0.394 e. The number of halogens is 1. The van der Waals surface area contributed by atoms with Gasteiger partial charge in [-0.25, -0.2) is 14.8 Å². The van der Waals surface area contributed by atoms with Crippen LogP contribution in [0.2, 0.25) is 5.02 Å². The van der Waals surface area contributed by atoms with Gasteiger partial charge in [-0.1, -0.05) is 29.0 Å². The third-order valence-corrected chi connectivity index (χ3v) is 6.72. The van der Waals surface area contributed by atoms with Gasteiger partial charge in [0.25, 0.3) is 0 Å². The van der Waals surface area contributed by atoms with Gasteiger partial charge in [-0.15, -0.1) is 0 Å². The summed E-state index contributed by atoms with van der Waals surface area (Å²) in [5.41, 5.74) is 2.80. The Balaban J connectivity index is 1.39. The number of fused-ring (bicyclic) bond motifs is 1. The van der Waals surface area contributed by atoms with Crippen molar-refractivity contribution in [2.24, 2.45) is 0 Å². The summed E-state index contributed by atoms with van der Waals surface area (Å²) in [7, 11) is 0. The van der Waals surface area contributed by atoms with E-state index in [2.05, 4.69) is 26.3 Å². The second-order valence-electron chi connectivity index (χ2n) is 8.10. The van der Waals surface area contributed by atoms with Crippen LogP contribution in [0.3, 0.4) is 0 Å². The highest BCUT2D eigenvalue weighted by Gasteiger charge is 2.29. The molecular weight excluding hydrogens is 450 g/mol. The number of urea groups is 1. The molecule has 1 aliphatic rings. The molecule has 0 aliphatic carbocycles. The molecule has 0 bridgehead atoms. The minimum absolute atomic E-state index is 0.0471. The van der Waals surface area contributed by atoms with E-state index in [0.29, 0.717) is 42.0 Å². The first-order valence-electron chi connectivity index (χ1n) is 10.5. The maximum atomic E-state index is 12.9. The number of piperazine rings is 1.